The normalized spacial score (nSPS) is 26.6. The second kappa shape index (κ2) is 8.55. The third-order valence-corrected chi connectivity index (χ3v) is 4.76. The van der Waals surface area contributed by atoms with Crippen molar-refractivity contribution in [3.8, 4) is 0 Å². The maximum Gasteiger partial charge on any atom is 0.241 e. The summed E-state index contributed by atoms with van der Waals surface area (Å²) < 4.78 is 5.74. The monoisotopic (exact) mass is 332 g/mol. The predicted molar refractivity (Wildman–Crippen MR) is 92.0 cm³/mol. The lowest BCUT2D eigenvalue weighted by atomic mass is 10.0. The lowest BCUT2D eigenvalue weighted by molar-refractivity contribution is -0.135. The van der Waals surface area contributed by atoms with Gasteiger partial charge in [-0.05, 0) is 37.8 Å². The van der Waals surface area contributed by atoms with Crippen molar-refractivity contribution in [2.45, 2.75) is 63.8 Å². The van der Waals surface area contributed by atoms with Crippen LogP contribution >= 0.6 is 0 Å². The molecule has 1 amide bonds. The number of amides is 1. The molecular formula is C18H28N4O2. The highest BCUT2D eigenvalue weighted by Gasteiger charge is 2.33. The molecular weight excluding hydrogens is 304 g/mol. The average Bonchev–Trinajstić information content (AvgIpc) is 3.27. The number of carbonyl (C=O) groups excluding carboxylic acids is 1. The lowest BCUT2D eigenvalue weighted by Crippen LogP contribution is -2.47. The Kier molecular flexibility index (Phi) is 6.18. The number of hydrazine groups is 1. The lowest BCUT2D eigenvalue weighted by Gasteiger charge is -2.27. The zero-order chi connectivity index (χ0) is 16.8. The zero-order valence-corrected chi connectivity index (χ0v) is 14.4. The summed E-state index contributed by atoms with van der Waals surface area (Å²) >= 11 is 0. The molecule has 0 saturated carbocycles. The minimum absolute atomic E-state index is 0.141. The van der Waals surface area contributed by atoms with E-state index in [1.807, 2.05) is 23.1 Å². The smallest absolute Gasteiger partial charge is 0.241 e. The molecule has 1 aromatic heterocycles. The fourth-order valence-corrected chi connectivity index (χ4v) is 3.50. The number of ether oxygens (including phenoxy) is 1. The number of carbonyl (C=O) groups is 1. The van der Waals surface area contributed by atoms with Crippen LogP contribution in [-0.2, 0) is 16.1 Å². The Bertz CT molecular complexity index is 519. The van der Waals surface area contributed by atoms with Crippen LogP contribution in [0.4, 0.5) is 0 Å². The third kappa shape index (κ3) is 4.53. The molecule has 3 atom stereocenters. The maximum atomic E-state index is 13.0. The number of nitrogens with zero attached hydrogens (tertiary/aromatic N) is 2. The Hall–Kier alpha value is -1.50. The molecule has 2 N–H and O–H groups in total. The van der Waals surface area contributed by atoms with Crippen molar-refractivity contribution in [1.29, 1.82) is 0 Å². The predicted octanol–water partition coefficient (Wildman–Crippen LogP) is 1.62. The number of hydrogen-bond donors (Lipinski definition) is 2. The summed E-state index contributed by atoms with van der Waals surface area (Å²) in [5, 5.41) is 0. The molecule has 2 aliphatic heterocycles. The van der Waals surface area contributed by atoms with Crippen LogP contribution in [0.25, 0.3) is 0 Å². The molecule has 2 saturated heterocycles. The van der Waals surface area contributed by atoms with E-state index in [1.165, 1.54) is 0 Å². The molecule has 0 aromatic carbocycles. The van der Waals surface area contributed by atoms with Gasteiger partial charge in [-0.25, -0.2) is 5.43 Å². The van der Waals surface area contributed by atoms with Crippen molar-refractivity contribution in [2.75, 3.05) is 13.2 Å². The van der Waals surface area contributed by atoms with E-state index in [4.69, 9.17) is 4.74 Å². The van der Waals surface area contributed by atoms with Gasteiger partial charge in [0, 0.05) is 25.4 Å². The van der Waals surface area contributed by atoms with Crippen molar-refractivity contribution >= 4 is 5.91 Å². The van der Waals surface area contributed by atoms with Gasteiger partial charge in [-0.2, -0.15) is 0 Å². The molecule has 0 bridgehead atoms. The number of aromatic nitrogens is 1. The van der Waals surface area contributed by atoms with Gasteiger partial charge < -0.3 is 9.64 Å². The molecule has 0 spiro atoms. The number of pyridine rings is 1. The van der Waals surface area contributed by atoms with E-state index < -0.39 is 0 Å². The van der Waals surface area contributed by atoms with Crippen LogP contribution in [0.5, 0.6) is 0 Å². The van der Waals surface area contributed by atoms with Crippen LogP contribution in [0, 0.1) is 0 Å². The topological polar surface area (TPSA) is 66.5 Å². The first-order valence-corrected chi connectivity index (χ1v) is 9.07. The Morgan fingerprint density at radius 1 is 1.42 bits per heavy atom. The first-order valence-electron chi connectivity index (χ1n) is 9.07. The quantitative estimate of drug-likeness (QED) is 0.794. The largest absolute Gasteiger partial charge is 0.376 e. The van der Waals surface area contributed by atoms with E-state index in [1.54, 1.807) is 6.20 Å². The summed E-state index contributed by atoms with van der Waals surface area (Å²) in [7, 11) is 0. The van der Waals surface area contributed by atoms with Gasteiger partial charge in [0.05, 0.1) is 18.3 Å². The minimum atomic E-state index is -0.160. The van der Waals surface area contributed by atoms with Crippen molar-refractivity contribution in [2.24, 2.45) is 0 Å². The molecule has 3 rings (SSSR count). The summed E-state index contributed by atoms with van der Waals surface area (Å²) in [6.07, 6.45) is 7.08. The molecule has 6 heteroatoms. The van der Waals surface area contributed by atoms with Crippen LogP contribution < -0.4 is 10.9 Å². The van der Waals surface area contributed by atoms with Gasteiger partial charge in [0.15, 0.2) is 0 Å². The number of rotatable bonds is 7. The zero-order valence-electron chi connectivity index (χ0n) is 14.4. The van der Waals surface area contributed by atoms with Gasteiger partial charge in [-0.3, -0.25) is 15.2 Å². The van der Waals surface area contributed by atoms with Crippen molar-refractivity contribution in [1.82, 2.24) is 20.7 Å². The van der Waals surface area contributed by atoms with Gasteiger partial charge in [0.2, 0.25) is 5.91 Å². The van der Waals surface area contributed by atoms with E-state index in [9.17, 15) is 4.79 Å². The molecule has 132 valence electrons. The minimum Gasteiger partial charge on any atom is -0.376 e. The van der Waals surface area contributed by atoms with E-state index in [2.05, 4.69) is 22.8 Å². The first-order chi connectivity index (χ1) is 11.8. The Morgan fingerprint density at radius 3 is 3.04 bits per heavy atom. The third-order valence-electron chi connectivity index (χ3n) is 4.76. The summed E-state index contributed by atoms with van der Waals surface area (Å²) in [6.45, 7) is 4.15. The van der Waals surface area contributed by atoms with Gasteiger partial charge in [0.25, 0.3) is 0 Å². The van der Waals surface area contributed by atoms with Gasteiger partial charge in [-0.15, -0.1) is 0 Å². The van der Waals surface area contributed by atoms with E-state index in [-0.39, 0.29) is 18.1 Å². The summed E-state index contributed by atoms with van der Waals surface area (Å²) in [4.78, 5) is 19.3. The van der Waals surface area contributed by atoms with Crippen LogP contribution in [0.2, 0.25) is 0 Å². The van der Waals surface area contributed by atoms with E-state index in [0.29, 0.717) is 19.1 Å². The molecule has 1 aromatic rings. The van der Waals surface area contributed by atoms with Gasteiger partial charge >= 0.3 is 0 Å². The van der Waals surface area contributed by atoms with Gasteiger partial charge in [-0.1, -0.05) is 19.4 Å². The summed E-state index contributed by atoms with van der Waals surface area (Å²) in [6, 6.07) is 6.04. The SMILES string of the molecule is CCCC1CC(C(=O)N(Cc2ccccn2)CC2CCCO2)NN1. The number of nitrogens with one attached hydrogen (secondary N) is 2. The average molecular weight is 332 g/mol. The molecule has 24 heavy (non-hydrogen) atoms. The van der Waals surface area contributed by atoms with Crippen LogP contribution in [0.15, 0.2) is 24.4 Å². The van der Waals surface area contributed by atoms with Crippen LogP contribution in [0.1, 0.15) is 44.7 Å². The second-order valence-electron chi connectivity index (χ2n) is 6.74. The van der Waals surface area contributed by atoms with E-state index >= 15 is 0 Å². The van der Waals surface area contributed by atoms with Crippen molar-refractivity contribution < 1.29 is 9.53 Å². The van der Waals surface area contributed by atoms with Crippen molar-refractivity contribution in [3.05, 3.63) is 30.1 Å². The molecule has 3 heterocycles. The number of hydrogen-bond acceptors (Lipinski definition) is 5. The molecule has 3 unspecified atom stereocenters. The standard InChI is InChI=1S/C18H28N4O2/c1-2-6-14-11-17(21-20-14)18(23)22(13-16-8-5-10-24-16)12-15-7-3-4-9-19-15/h3-4,7,9,14,16-17,20-21H,2,5-6,8,10-13H2,1H3. The molecule has 2 fully saturated rings. The van der Waals surface area contributed by atoms with Gasteiger partial charge in [0.1, 0.15) is 6.04 Å². The molecule has 6 nitrogen and oxygen atoms in total. The Balaban J connectivity index is 1.65. The molecule has 0 aliphatic carbocycles. The Morgan fingerprint density at radius 2 is 2.33 bits per heavy atom. The fourth-order valence-electron chi connectivity index (χ4n) is 3.50. The fraction of sp³-hybridized carbons (Fsp3) is 0.667. The second-order valence-corrected chi connectivity index (χ2v) is 6.74. The highest BCUT2D eigenvalue weighted by Crippen LogP contribution is 2.18. The molecule has 0 radical (unpaired) electrons. The first kappa shape index (κ1) is 17.3. The highest BCUT2D eigenvalue weighted by molar-refractivity contribution is 5.82. The summed E-state index contributed by atoms with van der Waals surface area (Å²) in [5.74, 6) is 0.141. The Labute approximate surface area is 143 Å². The maximum absolute atomic E-state index is 13.0. The highest BCUT2D eigenvalue weighted by atomic mass is 16.5. The van der Waals surface area contributed by atoms with Crippen LogP contribution in [0.3, 0.4) is 0 Å². The summed E-state index contributed by atoms with van der Waals surface area (Å²) in [5.41, 5.74) is 7.35. The van der Waals surface area contributed by atoms with E-state index in [0.717, 1.165) is 44.4 Å². The van der Waals surface area contributed by atoms with Crippen LogP contribution in [-0.4, -0.2) is 47.1 Å². The molecule has 2 aliphatic rings. The van der Waals surface area contributed by atoms with Crippen molar-refractivity contribution in [3.63, 3.8) is 0 Å².